The zero-order chi connectivity index (χ0) is 15.4. The molecule has 0 spiro atoms. The van der Waals surface area contributed by atoms with E-state index in [4.69, 9.17) is 13.6 Å². The van der Waals surface area contributed by atoms with E-state index in [2.05, 4.69) is 39.6 Å². The van der Waals surface area contributed by atoms with Gasteiger partial charge in [0.05, 0.1) is 12.7 Å². The molecular weight excluding hydrogens is 270 g/mol. The molecule has 20 heavy (non-hydrogen) atoms. The lowest BCUT2D eigenvalue weighted by Crippen LogP contribution is -2.49. The van der Waals surface area contributed by atoms with Crippen LogP contribution in [0.5, 0.6) is 0 Å². The van der Waals surface area contributed by atoms with Gasteiger partial charge in [0.15, 0.2) is 0 Å². The average Bonchev–Trinajstić information content (AvgIpc) is 2.35. The van der Waals surface area contributed by atoms with Gasteiger partial charge >= 0.3 is 8.56 Å². The molecule has 0 bridgehead atoms. The Hall–Kier alpha value is 0.0569. The van der Waals surface area contributed by atoms with Crippen molar-refractivity contribution < 1.29 is 13.6 Å². The average molecular weight is 304 g/mol. The molecule has 1 aliphatic rings. The summed E-state index contributed by atoms with van der Waals surface area (Å²) in [6.07, 6.45) is 2.54. The molecule has 4 nitrogen and oxygen atoms in total. The summed E-state index contributed by atoms with van der Waals surface area (Å²) in [5.41, 5.74) is 0.275. The van der Waals surface area contributed by atoms with E-state index in [0.717, 1.165) is 32.0 Å². The fourth-order valence-electron chi connectivity index (χ4n) is 2.95. The first-order valence-corrected chi connectivity index (χ1v) is 10.1. The van der Waals surface area contributed by atoms with Crippen molar-refractivity contribution in [2.75, 3.05) is 27.4 Å². The Morgan fingerprint density at radius 3 is 2.35 bits per heavy atom. The first-order valence-electron chi connectivity index (χ1n) is 7.58. The van der Waals surface area contributed by atoms with Crippen molar-refractivity contribution in [3.8, 4) is 0 Å². The highest BCUT2D eigenvalue weighted by atomic mass is 28.4. The largest absolute Gasteiger partial charge is 0.398 e. The second-order valence-electron chi connectivity index (χ2n) is 7.62. The molecule has 1 atom stereocenters. The summed E-state index contributed by atoms with van der Waals surface area (Å²) in [5, 5.41) is 3.53. The van der Waals surface area contributed by atoms with Gasteiger partial charge in [0.1, 0.15) is 0 Å². The highest BCUT2D eigenvalue weighted by Gasteiger charge is 2.37. The number of piperidine rings is 1. The number of hydrogen-bond acceptors (Lipinski definition) is 4. The molecule has 0 radical (unpaired) electrons. The fourth-order valence-corrected chi connectivity index (χ4v) is 5.24. The monoisotopic (exact) mass is 303 g/mol. The van der Waals surface area contributed by atoms with Crippen molar-refractivity contribution in [2.45, 2.75) is 64.8 Å². The van der Waals surface area contributed by atoms with E-state index in [1.807, 2.05) is 0 Å². The van der Waals surface area contributed by atoms with Crippen LogP contribution in [0.2, 0.25) is 12.6 Å². The topological polar surface area (TPSA) is 39.7 Å². The number of rotatable bonds is 7. The summed E-state index contributed by atoms with van der Waals surface area (Å²) in [4.78, 5) is 0. The van der Waals surface area contributed by atoms with Crippen molar-refractivity contribution in [3.05, 3.63) is 0 Å². The molecule has 1 unspecified atom stereocenters. The maximum absolute atomic E-state index is 6.19. The van der Waals surface area contributed by atoms with E-state index < -0.39 is 8.56 Å². The quantitative estimate of drug-likeness (QED) is 0.734. The Morgan fingerprint density at radius 1 is 1.25 bits per heavy atom. The maximum atomic E-state index is 6.19. The minimum atomic E-state index is -2.04. The first-order chi connectivity index (χ1) is 9.11. The van der Waals surface area contributed by atoms with Crippen molar-refractivity contribution in [1.82, 2.24) is 5.32 Å². The van der Waals surface area contributed by atoms with E-state index in [9.17, 15) is 0 Å². The zero-order valence-corrected chi connectivity index (χ0v) is 15.3. The van der Waals surface area contributed by atoms with Crippen LogP contribution in [0.15, 0.2) is 0 Å². The Bertz CT molecular complexity index is 303. The van der Waals surface area contributed by atoms with Gasteiger partial charge in [0.25, 0.3) is 0 Å². The molecule has 1 rings (SSSR count). The lowest BCUT2D eigenvalue weighted by atomic mass is 9.90. The molecule has 0 saturated carbocycles. The molecule has 0 aromatic rings. The molecule has 1 N–H and O–H groups in total. The summed E-state index contributed by atoms with van der Waals surface area (Å²) in [6.45, 7) is 12.9. The van der Waals surface area contributed by atoms with Crippen LogP contribution in [0.1, 0.15) is 40.5 Å². The first kappa shape index (κ1) is 18.1. The van der Waals surface area contributed by atoms with Crippen LogP contribution >= 0.6 is 0 Å². The maximum Gasteiger partial charge on any atom is 0.335 e. The van der Waals surface area contributed by atoms with E-state index >= 15 is 0 Å². The molecule has 0 amide bonds. The smallest absolute Gasteiger partial charge is 0.335 e. The Morgan fingerprint density at radius 2 is 1.85 bits per heavy atom. The van der Waals surface area contributed by atoms with Crippen molar-refractivity contribution in [3.63, 3.8) is 0 Å². The van der Waals surface area contributed by atoms with Gasteiger partial charge < -0.3 is 18.9 Å². The summed E-state index contributed by atoms with van der Waals surface area (Å²) < 4.78 is 17.4. The van der Waals surface area contributed by atoms with Gasteiger partial charge in [-0.2, -0.15) is 0 Å². The van der Waals surface area contributed by atoms with Crippen LogP contribution < -0.4 is 5.32 Å². The number of hydrogen-bond donors (Lipinski definition) is 1. The summed E-state index contributed by atoms with van der Waals surface area (Å²) in [6, 6.07) is 0.946. The van der Waals surface area contributed by atoms with E-state index in [1.54, 1.807) is 14.2 Å². The van der Waals surface area contributed by atoms with E-state index in [0.29, 0.717) is 6.10 Å². The van der Waals surface area contributed by atoms with Gasteiger partial charge in [-0.3, -0.25) is 0 Å². The van der Waals surface area contributed by atoms with Crippen LogP contribution in [-0.2, 0) is 13.6 Å². The van der Waals surface area contributed by atoms with Gasteiger partial charge in [-0.1, -0.05) is 13.8 Å². The lowest BCUT2D eigenvalue weighted by molar-refractivity contribution is -0.0258. The van der Waals surface area contributed by atoms with Gasteiger partial charge in [0.2, 0.25) is 0 Å². The summed E-state index contributed by atoms with van der Waals surface area (Å²) in [7, 11) is 1.46. The third kappa shape index (κ3) is 5.82. The second kappa shape index (κ2) is 6.88. The van der Waals surface area contributed by atoms with Crippen LogP contribution in [0.25, 0.3) is 0 Å². The lowest BCUT2D eigenvalue weighted by Gasteiger charge is -2.39. The molecule has 1 heterocycles. The molecule has 120 valence electrons. The van der Waals surface area contributed by atoms with Gasteiger partial charge in [-0.15, -0.1) is 0 Å². The second-order valence-corrected chi connectivity index (χ2v) is 11.1. The highest BCUT2D eigenvalue weighted by molar-refractivity contribution is 6.66. The van der Waals surface area contributed by atoms with Crippen LogP contribution in [0.3, 0.4) is 0 Å². The predicted octanol–water partition coefficient (Wildman–Crippen LogP) is 2.92. The molecular formula is C15H33NO3Si. The molecule has 1 aliphatic heterocycles. The number of nitrogens with one attached hydrogen (secondary N) is 1. The van der Waals surface area contributed by atoms with Crippen molar-refractivity contribution >= 4 is 8.56 Å². The van der Waals surface area contributed by atoms with Gasteiger partial charge in [-0.25, -0.2) is 0 Å². The normalized spacial score (nSPS) is 23.9. The molecule has 0 aromatic carbocycles. The molecule has 0 aliphatic carbocycles. The molecule has 1 saturated heterocycles. The van der Waals surface area contributed by atoms with Crippen LogP contribution in [0.4, 0.5) is 0 Å². The van der Waals surface area contributed by atoms with Crippen LogP contribution in [-0.4, -0.2) is 47.6 Å². The molecule has 1 fully saturated rings. The van der Waals surface area contributed by atoms with Crippen LogP contribution in [0, 0.1) is 5.41 Å². The van der Waals surface area contributed by atoms with Gasteiger partial charge in [-0.05, 0) is 51.2 Å². The summed E-state index contributed by atoms with van der Waals surface area (Å²) in [5.74, 6) is 0. The standard InChI is InChI=1S/C15H33NO3Si/c1-14(2,12-20(7,17-5)18-6)11-19-13-8-9-16-15(3,4)10-13/h13,16H,8-12H2,1-7H3. The van der Waals surface area contributed by atoms with Gasteiger partial charge in [0, 0.05) is 19.8 Å². The zero-order valence-electron chi connectivity index (χ0n) is 14.3. The minimum Gasteiger partial charge on any atom is -0.398 e. The fraction of sp³-hybridized carbons (Fsp3) is 1.00. The third-order valence-electron chi connectivity index (χ3n) is 4.18. The minimum absolute atomic E-state index is 0.0853. The molecule has 5 heteroatoms. The third-order valence-corrected chi connectivity index (χ3v) is 7.51. The SMILES string of the molecule is CO[Si](C)(CC(C)(C)COC1CCNC(C)(C)C1)OC. The Kier molecular flexibility index (Phi) is 6.23. The van der Waals surface area contributed by atoms with E-state index in [1.165, 1.54) is 0 Å². The summed E-state index contributed by atoms with van der Waals surface area (Å²) >= 11 is 0. The highest BCUT2D eigenvalue weighted by Crippen LogP contribution is 2.31. The Balaban J connectivity index is 2.46. The van der Waals surface area contributed by atoms with Crippen molar-refractivity contribution in [2.24, 2.45) is 5.41 Å². The van der Waals surface area contributed by atoms with E-state index in [-0.39, 0.29) is 11.0 Å². The molecule has 0 aromatic heterocycles. The van der Waals surface area contributed by atoms with Crippen molar-refractivity contribution in [1.29, 1.82) is 0 Å². The Labute approximate surface area is 125 Å². The number of ether oxygens (including phenoxy) is 1. The predicted molar refractivity (Wildman–Crippen MR) is 85.3 cm³/mol.